The molecule has 1 fully saturated rings. The predicted octanol–water partition coefficient (Wildman–Crippen LogP) is 2.63. The molecule has 2 nitrogen and oxygen atoms in total. The van der Waals surface area contributed by atoms with Gasteiger partial charge in [0, 0.05) is 17.1 Å². The Morgan fingerprint density at radius 1 is 1.27 bits per heavy atom. The Bertz CT molecular complexity index is 395. The van der Waals surface area contributed by atoms with Crippen LogP contribution in [0.4, 0.5) is 0 Å². The summed E-state index contributed by atoms with van der Waals surface area (Å²) in [5, 5.41) is 3.54. The third-order valence-corrected chi connectivity index (χ3v) is 2.66. The molecule has 0 aromatic heterocycles. The van der Waals surface area contributed by atoms with Crippen LogP contribution < -0.4 is 5.32 Å². The van der Waals surface area contributed by atoms with E-state index in [1.807, 2.05) is 30.3 Å². The molecule has 0 saturated carbocycles. The van der Waals surface area contributed by atoms with Gasteiger partial charge >= 0.3 is 0 Å². The summed E-state index contributed by atoms with van der Waals surface area (Å²) in [6.45, 7) is 0.788. The molecule has 1 aromatic rings. The zero-order valence-electron chi connectivity index (χ0n) is 8.29. The van der Waals surface area contributed by atoms with E-state index in [9.17, 15) is 4.79 Å². The maximum atomic E-state index is 11.5. The van der Waals surface area contributed by atoms with Crippen molar-refractivity contribution >= 4 is 23.6 Å². The topological polar surface area (TPSA) is 29.1 Å². The average Bonchev–Trinajstić information content (AvgIpc) is 2.25. The van der Waals surface area contributed by atoms with Crippen LogP contribution in [0.2, 0.25) is 5.02 Å². The first-order valence-electron chi connectivity index (χ1n) is 5.00. The van der Waals surface area contributed by atoms with Crippen molar-refractivity contribution in [1.82, 2.24) is 5.32 Å². The van der Waals surface area contributed by atoms with E-state index in [1.165, 1.54) is 0 Å². The van der Waals surface area contributed by atoms with Crippen LogP contribution >= 0.6 is 11.6 Å². The normalized spacial score (nSPS) is 19.0. The zero-order valence-corrected chi connectivity index (χ0v) is 9.05. The van der Waals surface area contributed by atoms with Gasteiger partial charge in [-0.3, -0.25) is 4.79 Å². The second-order valence-electron chi connectivity index (χ2n) is 3.58. The van der Waals surface area contributed by atoms with Crippen molar-refractivity contribution in [2.24, 2.45) is 0 Å². The molecule has 0 bridgehead atoms. The smallest absolute Gasteiger partial charge is 0.247 e. The fourth-order valence-electron chi connectivity index (χ4n) is 1.61. The maximum absolute atomic E-state index is 11.5. The molecule has 0 spiro atoms. The van der Waals surface area contributed by atoms with Crippen LogP contribution in [0.5, 0.6) is 0 Å². The second kappa shape index (κ2) is 4.49. The van der Waals surface area contributed by atoms with Crippen LogP contribution in [-0.2, 0) is 4.79 Å². The van der Waals surface area contributed by atoms with Gasteiger partial charge in [0.2, 0.25) is 5.91 Å². The summed E-state index contributed by atoms with van der Waals surface area (Å²) < 4.78 is 0. The van der Waals surface area contributed by atoms with Gasteiger partial charge in [0.05, 0.1) is 0 Å². The van der Waals surface area contributed by atoms with E-state index in [2.05, 4.69) is 5.32 Å². The first-order valence-corrected chi connectivity index (χ1v) is 5.38. The van der Waals surface area contributed by atoms with Gasteiger partial charge in [-0.05, 0) is 36.6 Å². The highest BCUT2D eigenvalue weighted by Gasteiger charge is 2.13. The van der Waals surface area contributed by atoms with Gasteiger partial charge in [0.1, 0.15) is 0 Å². The fourth-order valence-corrected chi connectivity index (χ4v) is 1.73. The van der Waals surface area contributed by atoms with Gasteiger partial charge in [-0.2, -0.15) is 0 Å². The molecule has 1 aromatic carbocycles. The molecule has 15 heavy (non-hydrogen) atoms. The van der Waals surface area contributed by atoms with Crippen LogP contribution in [0.1, 0.15) is 18.4 Å². The van der Waals surface area contributed by atoms with Crippen LogP contribution in [0.15, 0.2) is 29.8 Å². The Morgan fingerprint density at radius 2 is 2.00 bits per heavy atom. The summed E-state index contributed by atoms with van der Waals surface area (Å²) in [6, 6.07) is 7.48. The monoisotopic (exact) mass is 221 g/mol. The van der Waals surface area contributed by atoms with Crippen LogP contribution in [0.25, 0.3) is 6.08 Å². The van der Waals surface area contributed by atoms with Crippen LogP contribution in [-0.4, -0.2) is 12.5 Å². The van der Waals surface area contributed by atoms with E-state index in [0.29, 0.717) is 5.02 Å². The minimum atomic E-state index is 0.0520. The van der Waals surface area contributed by atoms with E-state index in [-0.39, 0.29) is 5.91 Å². The maximum Gasteiger partial charge on any atom is 0.247 e. The van der Waals surface area contributed by atoms with Gasteiger partial charge in [-0.25, -0.2) is 0 Å². The minimum Gasteiger partial charge on any atom is -0.352 e. The van der Waals surface area contributed by atoms with Gasteiger partial charge in [-0.15, -0.1) is 0 Å². The molecular formula is C12H12ClNO. The molecule has 0 aliphatic carbocycles. The number of piperidine rings is 1. The van der Waals surface area contributed by atoms with Crippen LogP contribution in [0, 0.1) is 0 Å². The fraction of sp³-hybridized carbons (Fsp3) is 0.250. The van der Waals surface area contributed by atoms with Crippen molar-refractivity contribution in [2.45, 2.75) is 12.8 Å². The summed E-state index contributed by atoms with van der Waals surface area (Å²) in [4.78, 5) is 11.5. The molecule has 3 heteroatoms. The lowest BCUT2D eigenvalue weighted by atomic mass is 10.0. The Kier molecular flexibility index (Phi) is 3.07. The first kappa shape index (κ1) is 10.2. The quantitative estimate of drug-likeness (QED) is 0.726. The van der Waals surface area contributed by atoms with E-state index >= 15 is 0 Å². The summed E-state index contributed by atoms with van der Waals surface area (Å²) in [6.07, 6.45) is 3.80. The highest BCUT2D eigenvalue weighted by molar-refractivity contribution is 6.30. The van der Waals surface area contributed by atoms with Crippen molar-refractivity contribution in [3.8, 4) is 0 Å². The van der Waals surface area contributed by atoms with E-state index < -0.39 is 0 Å². The SMILES string of the molecule is O=C1NCCC/C1=C\c1ccc(Cl)cc1. The number of halogens is 1. The summed E-state index contributed by atoms with van der Waals surface area (Å²) in [5.74, 6) is 0.0520. The van der Waals surface area contributed by atoms with Crippen molar-refractivity contribution < 1.29 is 4.79 Å². The first-order chi connectivity index (χ1) is 7.25. The van der Waals surface area contributed by atoms with Crippen molar-refractivity contribution in [1.29, 1.82) is 0 Å². The minimum absolute atomic E-state index is 0.0520. The van der Waals surface area contributed by atoms with Crippen molar-refractivity contribution in [3.05, 3.63) is 40.4 Å². The van der Waals surface area contributed by atoms with Crippen LogP contribution in [0.3, 0.4) is 0 Å². The molecule has 0 unspecified atom stereocenters. The largest absolute Gasteiger partial charge is 0.352 e. The lowest BCUT2D eigenvalue weighted by molar-refractivity contribution is -0.118. The van der Waals surface area contributed by atoms with Crippen molar-refractivity contribution in [3.63, 3.8) is 0 Å². The highest BCUT2D eigenvalue weighted by Crippen LogP contribution is 2.16. The lowest BCUT2D eigenvalue weighted by Crippen LogP contribution is -2.30. The second-order valence-corrected chi connectivity index (χ2v) is 4.02. The molecule has 1 amide bonds. The predicted molar refractivity (Wildman–Crippen MR) is 61.7 cm³/mol. The van der Waals surface area contributed by atoms with Crippen molar-refractivity contribution in [2.75, 3.05) is 6.54 Å². The number of benzene rings is 1. The molecule has 0 atom stereocenters. The summed E-state index contributed by atoms with van der Waals surface area (Å²) in [7, 11) is 0. The van der Waals surface area contributed by atoms with E-state index in [1.54, 1.807) is 0 Å². The number of hydrogen-bond donors (Lipinski definition) is 1. The lowest BCUT2D eigenvalue weighted by Gasteiger charge is -2.14. The van der Waals surface area contributed by atoms with E-state index in [0.717, 1.165) is 30.5 Å². The standard InChI is InChI=1S/C12H12ClNO/c13-11-5-3-9(4-6-11)8-10-2-1-7-14-12(10)15/h3-6,8H,1-2,7H2,(H,14,15)/b10-8+. The Balaban J connectivity index is 2.21. The highest BCUT2D eigenvalue weighted by atomic mass is 35.5. The molecular weight excluding hydrogens is 210 g/mol. The van der Waals surface area contributed by atoms with Gasteiger partial charge < -0.3 is 5.32 Å². The number of amides is 1. The van der Waals surface area contributed by atoms with E-state index in [4.69, 9.17) is 11.6 Å². The number of hydrogen-bond acceptors (Lipinski definition) is 1. The third-order valence-electron chi connectivity index (χ3n) is 2.41. The number of carbonyl (C=O) groups is 1. The molecule has 1 aliphatic heterocycles. The third kappa shape index (κ3) is 2.60. The Morgan fingerprint density at radius 3 is 2.67 bits per heavy atom. The number of carbonyl (C=O) groups excluding carboxylic acids is 1. The van der Waals surface area contributed by atoms with Gasteiger partial charge in [0.15, 0.2) is 0 Å². The molecule has 1 heterocycles. The summed E-state index contributed by atoms with van der Waals surface area (Å²) in [5.41, 5.74) is 1.87. The number of rotatable bonds is 1. The molecule has 0 radical (unpaired) electrons. The molecule has 1 aliphatic rings. The summed E-state index contributed by atoms with van der Waals surface area (Å²) >= 11 is 5.78. The molecule has 1 N–H and O–H groups in total. The van der Waals surface area contributed by atoms with Gasteiger partial charge in [0.25, 0.3) is 0 Å². The zero-order chi connectivity index (χ0) is 10.7. The Hall–Kier alpha value is -1.28. The number of nitrogens with one attached hydrogen (secondary N) is 1. The van der Waals surface area contributed by atoms with Gasteiger partial charge in [-0.1, -0.05) is 23.7 Å². The molecule has 1 saturated heterocycles. The molecule has 2 rings (SSSR count). The average molecular weight is 222 g/mol. The Labute approximate surface area is 93.9 Å². The molecule has 78 valence electrons.